The molecule has 1 aromatic carbocycles. The largest absolute Gasteiger partial charge is 0.388 e. The zero-order valence-electron chi connectivity index (χ0n) is 9.49. The molecule has 3 rings (SSSR count). The fraction of sp³-hybridized carbons (Fsp3) is 0.538. The summed E-state index contributed by atoms with van der Waals surface area (Å²) < 4.78 is 16.6. The van der Waals surface area contributed by atoms with Crippen LogP contribution in [0.15, 0.2) is 30.3 Å². The fourth-order valence-corrected chi connectivity index (χ4v) is 2.29. The van der Waals surface area contributed by atoms with Gasteiger partial charge < -0.3 is 19.3 Å². The van der Waals surface area contributed by atoms with Crippen molar-refractivity contribution >= 4 is 0 Å². The van der Waals surface area contributed by atoms with Crippen LogP contribution in [0, 0.1) is 0 Å². The lowest BCUT2D eigenvalue weighted by Gasteiger charge is -2.30. The van der Waals surface area contributed by atoms with Gasteiger partial charge in [0.05, 0.1) is 19.3 Å². The normalized spacial score (nSPS) is 36.1. The summed E-state index contributed by atoms with van der Waals surface area (Å²) >= 11 is 0. The Kier molecular flexibility index (Phi) is 3.11. The van der Waals surface area contributed by atoms with E-state index in [4.69, 9.17) is 14.2 Å². The SMILES string of the molecule is O[C@@H]1C[C@H](OCc2ccccc2)[C@H]2CO[C@@H]1O2. The number of benzene rings is 1. The van der Waals surface area contributed by atoms with Crippen molar-refractivity contribution in [2.24, 2.45) is 0 Å². The van der Waals surface area contributed by atoms with E-state index in [0.717, 1.165) is 5.56 Å². The molecule has 2 heterocycles. The Morgan fingerprint density at radius 1 is 1.29 bits per heavy atom. The summed E-state index contributed by atoms with van der Waals surface area (Å²) in [5.74, 6) is 0. The van der Waals surface area contributed by atoms with E-state index in [0.29, 0.717) is 19.6 Å². The number of fused-ring (bicyclic) bond motifs is 2. The van der Waals surface area contributed by atoms with E-state index in [2.05, 4.69) is 0 Å². The van der Waals surface area contributed by atoms with Gasteiger partial charge in [-0.15, -0.1) is 0 Å². The molecule has 2 fully saturated rings. The van der Waals surface area contributed by atoms with Crippen LogP contribution in [0.4, 0.5) is 0 Å². The van der Waals surface area contributed by atoms with Crippen molar-refractivity contribution in [1.29, 1.82) is 0 Å². The molecule has 0 unspecified atom stereocenters. The van der Waals surface area contributed by atoms with Crippen LogP contribution >= 0.6 is 0 Å². The first-order valence-electron chi connectivity index (χ1n) is 5.93. The quantitative estimate of drug-likeness (QED) is 0.853. The molecule has 92 valence electrons. The summed E-state index contributed by atoms with van der Waals surface area (Å²) in [6, 6.07) is 9.99. The molecule has 1 N–H and O–H groups in total. The standard InChI is InChI=1S/C13H16O4/c14-10-6-11(12-8-16-13(10)17-12)15-7-9-4-2-1-3-5-9/h1-5,10-14H,6-8H2/t10-,11+,12-,13-/m1/s1. The first kappa shape index (κ1) is 11.2. The number of aliphatic hydroxyl groups is 1. The summed E-state index contributed by atoms with van der Waals surface area (Å²) in [4.78, 5) is 0. The van der Waals surface area contributed by atoms with Crippen molar-refractivity contribution in [1.82, 2.24) is 0 Å². The van der Waals surface area contributed by atoms with Gasteiger partial charge in [-0.05, 0) is 5.56 Å². The highest BCUT2D eigenvalue weighted by Gasteiger charge is 2.43. The van der Waals surface area contributed by atoms with Crippen LogP contribution in [-0.4, -0.2) is 36.3 Å². The van der Waals surface area contributed by atoms with Gasteiger partial charge >= 0.3 is 0 Å². The summed E-state index contributed by atoms with van der Waals surface area (Å²) in [7, 11) is 0. The smallest absolute Gasteiger partial charge is 0.184 e. The Bertz CT molecular complexity index is 367. The van der Waals surface area contributed by atoms with Gasteiger partial charge in [0.1, 0.15) is 12.2 Å². The zero-order chi connectivity index (χ0) is 11.7. The molecule has 0 spiro atoms. The van der Waals surface area contributed by atoms with Gasteiger partial charge in [-0.25, -0.2) is 0 Å². The number of hydrogen-bond donors (Lipinski definition) is 1. The van der Waals surface area contributed by atoms with Crippen molar-refractivity contribution in [2.45, 2.75) is 37.6 Å². The van der Waals surface area contributed by atoms with Crippen molar-refractivity contribution in [2.75, 3.05) is 6.61 Å². The van der Waals surface area contributed by atoms with Gasteiger partial charge in [-0.2, -0.15) is 0 Å². The van der Waals surface area contributed by atoms with E-state index in [9.17, 15) is 5.11 Å². The lowest BCUT2D eigenvalue weighted by molar-refractivity contribution is -0.193. The van der Waals surface area contributed by atoms with Crippen LogP contribution in [0.1, 0.15) is 12.0 Å². The first-order valence-corrected chi connectivity index (χ1v) is 5.93. The van der Waals surface area contributed by atoms with Crippen molar-refractivity contribution in [3.05, 3.63) is 35.9 Å². The third-order valence-electron chi connectivity index (χ3n) is 3.24. The third-order valence-corrected chi connectivity index (χ3v) is 3.24. The molecule has 1 aromatic rings. The minimum atomic E-state index is -0.575. The van der Waals surface area contributed by atoms with Crippen LogP contribution in [0.5, 0.6) is 0 Å². The Labute approximate surface area is 100 Å². The summed E-state index contributed by atoms with van der Waals surface area (Å²) in [5, 5.41) is 9.73. The van der Waals surface area contributed by atoms with Gasteiger partial charge in [0, 0.05) is 6.42 Å². The van der Waals surface area contributed by atoms with E-state index >= 15 is 0 Å². The molecule has 4 nitrogen and oxygen atoms in total. The molecule has 2 aliphatic heterocycles. The molecule has 0 aromatic heterocycles. The maximum Gasteiger partial charge on any atom is 0.184 e. The highest BCUT2D eigenvalue weighted by atomic mass is 16.7. The lowest BCUT2D eigenvalue weighted by Crippen LogP contribution is -2.43. The number of rotatable bonds is 3. The molecule has 0 radical (unpaired) electrons. The maximum atomic E-state index is 9.73. The average molecular weight is 236 g/mol. The third kappa shape index (κ3) is 2.35. The molecule has 2 bridgehead atoms. The molecule has 0 saturated carbocycles. The van der Waals surface area contributed by atoms with Gasteiger partial charge in [0.2, 0.25) is 0 Å². The molecular formula is C13H16O4. The predicted molar refractivity (Wildman–Crippen MR) is 60.3 cm³/mol. The molecule has 4 heteroatoms. The van der Waals surface area contributed by atoms with Crippen LogP contribution in [-0.2, 0) is 20.8 Å². The average Bonchev–Trinajstić information content (AvgIpc) is 2.80. The van der Waals surface area contributed by atoms with E-state index in [1.165, 1.54) is 0 Å². The molecule has 0 amide bonds. The second-order valence-corrected chi connectivity index (χ2v) is 4.51. The minimum absolute atomic E-state index is 0.0351. The molecule has 2 saturated heterocycles. The van der Waals surface area contributed by atoms with Crippen molar-refractivity contribution < 1.29 is 19.3 Å². The Morgan fingerprint density at radius 3 is 2.94 bits per heavy atom. The number of hydrogen-bond acceptors (Lipinski definition) is 4. The molecular weight excluding hydrogens is 220 g/mol. The lowest BCUT2D eigenvalue weighted by atomic mass is 10.0. The second-order valence-electron chi connectivity index (χ2n) is 4.51. The predicted octanol–water partition coefficient (Wildman–Crippen LogP) is 1.08. The second kappa shape index (κ2) is 4.74. The first-order chi connectivity index (χ1) is 8.33. The van der Waals surface area contributed by atoms with Crippen molar-refractivity contribution in [3.8, 4) is 0 Å². The summed E-state index contributed by atoms with van der Waals surface area (Å²) in [6.07, 6.45) is -0.551. The monoisotopic (exact) mass is 236 g/mol. The van der Waals surface area contributed by atoms with E-state index in [1.807, 2.05) is 30.3 Å². The summed E-state index contributed by atoms with van der Waals surface area (Å²) in [6.45, 7) is 1.06. The Morgan fingerprint density at radius 2 is 2.12 bits per heavy atom. The van der Waals surface area contributed by atoms with Gasteiger partial charge in [-0.1, -0.05) is 30.3 Å². The van der Waals surface area contributed by atoms with E-state index < -0.39 is 12.4 Å². The van der Waals surface area contributed by atoms with E-state index in [-0.39, 0.29) is 12.2 Å². The number of aliphatic hydroxyl groups excluding tert-OH is 1. The topological polar surface area (TPSA) is 47.9 Å². The highest BCUT2D eigenvalue weighted by Crippen LogP contribution is 2.29. The zero-order valence-corrected chi connectivity index (χ0v) is 9.49. The van der Waals surface area contributed by atoms with Crippen LogP contribution in [0.3, 0.4) is 0 Å². The summed E-state index contributed by atoms with van der Waals surface area (Å²) in [5.41, 5.74) is 1.13. The van der Waals surface area contributed by atoms with E-state index in [1.54, 1.807) is 0 Å². The van der Waals surface area contributed by atoms with Crippen LogP contribution in [0.2, 0.25) is 0 Å². The maximum absolute atomic E-state index is 9.73. The highest BCUT2D eigenvalue weighted by molar-refractivity contribution is 5.13. The van der Waals surface area contributed by atoms with Gasteiger partial charge in [0.25, 0.3) is 0 Å². The molecule has 17 heavy (non-hydrogen) atoms. The molecule has 0 aliphatic carbocycles. The molecule has 4 atom stereocenters. The fourth-order valence-electron chi connectivity index (χ4n) is 2.29. The number of ether oxygens (including phenoxy) is 3. The minimum Gasteiger partial charge on any atom is -0.388 e. The van der Waals surface area contributed by atoms with Gasteiger partial charge in [-0.3, -0.25) is 0 Å². The van der Waals surface area contributed by atoms with Crippen LogP contribution < -0.4 is 0 Å². The van der Waals surface area contributed by atoms with Gasteiger partial charge in [0.15, 0.2) is 6.29 Å². The van der Waals surface area contributed by atoms with Crippen molar-refractivity contribution in [3.63, 3.8) is 0 Å². The Balaban J connectivity index is 1.58. The molecule has 2 aliphatic rings. The van der Waals surface area contributed by atoms with Crippen LogP contribution in [0.25, 0.3) is 0 Å². The Hall–Kier alpha value is -0.940.